The Kier molecular flexibility index (Phi) is 3.46. The predicted octanol–water partition coefficient (Wildman–Crippen LogP) is 1.83. The summed E-state index contributed by atoms with van der Waals surface area (Å²) in [4.78, 5) is 10.9. The standard InChI is InChI=1S/C14H22N4/c1-11-9-13(10-11)17-12-3-7-18(8-4-12)14-15-5-2-6-16-14/h2,5-6,11-13,17H,3-4,7-10H2,1H3. The molecule has 1 aromatic rings. The minimum absolute atomic E-state index is 0.697. The highest BCUT2D eigenvalue weighted by molar-refractivity contribution is 5.29. The molecule has 0 atom stereocenters. The molecule has 1 N–H and O–H groups in total. The molecule has 4 nitrogen and oxygen atoms in total. The molecule has 0 unspecified atom stereocenters. The normalized spacial score (nSPS) is 29.1. The van der Waals surface area contributed by atoms with Crippen molar-refractivity contribution >= 4 is 5.95 Å². The second kappa shape index (κ2) is 5.22. The Morgan fingerprint density at radius 2 is 1.78 bits per heavy atom. The van der Waals surface area contributed by atoms with Crippen molar-refractivity contribution in [3.05, 3.63) is 18.5 Å². The number of nitrogens with one attached hydrogen (secondary N) is 1. The summed E-state index contributed by atoms with van der Waals surface area (Å²) < 4.78 is 0. The van der Waals surface area contributed by atoms with Crippen LogP contribution in [-0.2, 0) is 0 Å². The van der Waals surface area contributed by atoms with E-state index >= 15 is 0 Å². The Morgan fingerprint density at radius 3 is 2.39 bits per heavy atom. The van der Waals surface area contributed by atoms with Gasteiger partial charge in [0.2, 0.25) is 5.95 Å². The van der Waals surface area contributed by atoms with Gasteiger partial charge in [-0.2, -0.15) is 0 Å². The van der Waals surface area contributed by atoms with Crippen LogP contribution in [0.1, 0.15) is 32.6 Å². The maximum atomic E-state index is 4.32. The van der Waals surface area contributed by atoms with Crippen molar-refractivity contribution in [2.45, 2.75) is 44.7 Å². The number of hydrogen-bond acceptors (Lipinski definition) is 4. The average Bonchev–Trinajstić information content (AvgIpc) is 2.39. The second-order valence-corrected chi connectivity index (χ2v) is 5.75. The third-order valence-electron chi connectivity index (χ3n) is 4.18. The first-order valence-electron chi connectivity index (χ1n) is 7.09. The van der Waals surface area contributed by atoms with E-state index in [0.717, 1.165) is 31.0 Å². The molecule has 2 heterocycles. The maximum absolute atomic E-state index is 4.32. The lowest BCUT2D eigenvalue weighted by Crippen LogP contribution is -2.50. The Hall–Kier alpha value is -1.16. The molecule has 1 aromatic heterocycles. The van der Waals surface area contributed by atoms with Gasteiger partial charge in [-0.25, -0.2) is 9.97 Å². The molecule has 0 spiro atoms. The first-order valence-corrected chi connectivity index (χ1v) is 7.09. The summed E-state index contributed by atoms with van der Waals surface area (Å²) in [6, 6.07) is 3.35. The summed E-state index contributed by atoms with van der Waals surface area (Å²) in [6.45, 7) is 4.49. The first-order chi connectivity index (χ1) is 8.81. The average molecular weight is 246 g/mol. The zero-order chi connectivity index (χ0) is 12.4. The van der Waals surface area contributed by atoms with E-state index in [0.29, 0.717) is 6.04 Å². The van der Waals surface area contributed by atoms with E-state index in [-0.39, 0.29) is 0 Å². The number of nitrogens with zero attached hydrogens (tertiary/aromatic N) is 3. The van der Waals surface area contributed by atoms with E-state index < -0.39 is 0 Å². The Balaban J connectivity index is 1.46. The summed E-state index contributed by atoms with van der Waals surface area (Å²) in [7, 11) is 0. The van der Waals surface area contributed by atoms with Gasteiger partial charge in [0.15, 0.2) is 0 Å². The fraction of sp³-hybridized carbons (Fsp3) is 0.714. The Bertz CT molecular complexity index is 367. The summed E-state index contributed by atoms with van der Waals surface area (Å²) in [5, 5.41) is 3.79. The van der Waals surface area contributed by atoms with Crippen LogP contribution < -0.4 is 10.2 Å². The van der Waals surface area contributed by atoms with Crippen LogP contribution in [0, 0.1) is 5.92 Å². The van der Waals surface area contributed by atoms with Gasteiger partial charge in [0, 0.05) is 37.6 Å². The molecule has 1 aliphatic carbocycles. The van der Waals surface area contributed by atoms with E-state index in [1.807, 2.05) is 18.5 Å². The fourth-order valence-corrected chi connectivity index (χ4v) is 3.07. The quantitative estimate of drug-likeness (QED) is 0.883. The molecular weight excluding hydrogens is 224 g/mol. The molecule has 1 saturated carbocycles. The van der Waals surface area contributed by atoms with Crippen molar-refractivity contribution in [3.8, 4) is 0 Å². The number of piperidine rings is 1. The van der Waals surface area contributed by atoms with Gasteiger partial charge in [-0.15, -0.1) is 0 Å². The van der Waals surface area contributed by atoms with Crippen molar-refractivity contribution in [2.24, 2.45) is 5.92 Å². The smallest absolute Gasteiger partial charge is 0.225 e. The molecule has 2 aliphatic rings. The third kappa shape index (κ3) is 2.64. The van der Waals surface area contributed by atoms with Crippen LogP contribution in [0.3, 0.4) is 0 Å². The van der Waals surface area contributed by atoms with E-state index in [4.69, 9.17) is 0 Å². The lowest BCUT2D eigenvalue weighted by atomic mass is 9.81. The molecule has 98 valence electrons. The highest BCUT2D eigenvalue weighted by Gasteiger charge is 2.29. The first kappa shape index (κ1) is 11.9. The molecule has 0 amide bonds. The van der Waals surface area contributed by atoms with Crippen LogP contribution in [0.15, 0.2) is 18.5 Å². The lowest BCUT2D eigenvalue weighted by Gasteiger charge is -2.39. The summed E-state index contributed by atoms with van der Waals surface area (Å²) in [6.07, 6.45) is 8.79. The highest BCUT2D eigenvalue weighted by Crippen LogP contribution is 2.28. The molecule has 4 heteroatoms. The molecule has 1 saturated heterocycles. The predicted molar refractivity (Wildman–Crippen MR) is 72.6 cm³/mol. The molecular formula is C14H22N4. The molecule has 3 rings (SSSR count). The van der Waals surface area contributed by atoms with Crippen LogP contribution in [0.25, 0.3) is 0 Å². The molecule has 0 bridgehead atoms. The monoisotopic (exact) mass is 246 g/mol. The minimum Gasteiger partial charge on any atom is -0.341 e. The lowest BCUT2D eigenvalue weighted by molar-refractivity contribution is 0.210. The molecule has 0 aromatic carbocycles. The van der Waals surface area contributed by atoms with Gasteiger partial charge in [0.25, 0.3) is 0 Å². The van der Waals surface area contributed by atoms with E-state index in [2.05, 4.69) is 27.1 Å². The Morgan fingerprint density at radius 1 is 1.11 bits per heavy atom. The topological polar surface area (TPSA) is 41.0 Å². The largest absolute Gasteiger partial charge is 0.341 e. The van der Waals surface area contributed by atoms with Gasteiger partial charge < -0.3 is 10.2 Å². The van der Waals surface area contributed by atoms with Gasteiger partial charge in [-0.3, -0.25) is 0 Å². The van der Waals surface area contributed by atoms with E-state index in [1.165, 1.54) is 25.7 Å². The minimum atomic E-state index is 0.697. The van der Waals surface area contributed by atoms with E-state index in [9.17, 15) is 0 Å². The third-order valence-corrected chi connectivity index (χ3v) is 4.18. The van der Waals surface area contributed by atoms with Gasteiger partial charge in [-0.05, 0) is 37.7 Å². The summed E-state index contributed by atoms with van der Waals surface area (Å²) in [5.41, 5.74) is 0. The molecule has 2 fully saturated rings. The second-order valence-electron chi connectivity index (χ2n) is 5.75. The van der Waals surface area contributed by atoms with Crippen molar-refractivity contribution in [2.75, 3.05) is 18.0 Å². The van der Waals surface area contributed by atoms with Crippen molar-refractivity contribution in [1.29, 1.82) is 0 Å². The molecule has 1 aliphatic heterocycles. The highest BCUT2D eigenvalue weighted by atomic mass is 15.3. The van der Waals surface area contributed by atoms with Gasteiger partial charge >= 0.3 is 0 Å². The van der Waals surface area contributed by atoms with Crippen LogP contribution in [0.4, 0.5) is 5.95 Å². The molecule has 18 heavy (non-hydrogen) atoms. The van der Waals surface area contributed by atoms with E-state index in [1.54, 1.807) is 0 Å². The van der Waals surface area contributed by atoms with Crippen LogP contribution in [0.2, 0.25) is 0 Å². The van der Waals surface area contributed by atoms with Crippen molar-refractivity contribution < 1.29 is 0 Å². The zero-order valence-corrected chi connectivity index (χ0v) is 11.0. The molecule has 0 radical (unpaired) electrons. The maximum Gasteiger partial charge on any atom is 0.225 e. The zero-order valence-electron chi connectivity index (χ0n) is 11.0. The SMILES string of the molecule is CC1CC(NC2CCN(c3ncccn3)CC2)C1. The Labute approximate surface area is 109 Å². The van der Waals surface area contributed by atoms with Gasteiger partial charge in [-0.1, -0.05) is 6.92 Å². The van der Waals surface area contributed by atoms with Crippen molar-refractivity contribution in [3.63, 3.8) is 0 Å². The van der Waals surface area contributed by atoms with Gasteiger partial charge in [0.1, 0.15) is 0 Å². The summed E-state index contributed by atoms with van der Waals surface area (Å²) in [5.74, 6) is 1.81. The fourth-order valence-electron chi connectivity index (χ4n) is 3.07. The number of anilines is 1. The van der Waals surface area contributed by atoms with Crippen molar-refractivity contribution in [1.82, 2.24) is 15.3 Å². The van der Waals surface area contributed by atoms with Gasteiger partial charge in [0.05, 0.1) is 0 Å². The number of aromatic nitrogens is 2. The van der Waals surface area contributed by atoms with Crippen LogP contribution in [-0.4, -0.2) is 35.1 Å². The number of hydrogen-bond donors (Lipinski definition) is 1. The van der Waals surface area contributed by atoms with Crippen LogP contribution >= 0.6 is 0 Å². The van der Waals surface area contributed by atoms with Crippen LogP contribution in [0.5, 0.6) is 0 Å². The summed E-state index contributed by atoms with van der Waals surface area (Å²) >= 11 is 0. The number of rotatable bonds is 3.